The van der Waals surface area contributed by atoms with Gasteiger partial charge in [0.1, 0.15) is 6.61 Å². The van der Waals surface area contributed by atoms with Crippen LogP contribution in [0.3, 0.4) is 0 Å². The Morgan fingerprint density at radius 1 is 1.15 bits per heavy atom. The summed E-state index contributed by atoms with van der Waals surface area (Å²) in [5.41, 5.74) is 3.87. The number of amides is 1. The van der Waals surface area contributed by atoms with Gasteiger partial charge in [0.25, 0.3) is 5.91 Å². The number of methoxy groups -OCH3 is 1. The number of hydrazone groups is 1. The second-order valence-corrected chi connectivity index (χ2v) is 6.08. The highest BCUT2D eigenvalue weighted by Crippen LogP contribution is 2.36. The summed E-state index contributed by atoms with van der Waals surface area (Å²) in [5.74, 6) is 1.30. The van der Waals surface area contributed by atoms with Crippen molar-refractivity contribution in [2.75, 3.05) is 18.7 Å². The largest absolute Gasteiger partial charge is 0.493 e. The van der Waals surface area contributed by atoms with Crippen molar-refractivity contribution in [3.05, 3.63) is 71.3 Å². The van der Waals surface area contributed by atoms with Gasteiger partial charge in [-0.15, -0.1) is 0 Å². The number of benzene rings is 2. The Morgan fingerprint density at radius 2 is 1.96 bits per heavy atom. The van der Waals surface area contributed by atoms with Crippen molar-refractivity contribution in [2.24, 2.45) is 5.10 Å². The average Bonchev–Trinajstić information content (AvgIpc) is 2.96. The third-order valence-electron chi connectivity index (χ3n) is 4.35. The molecule has 5 nitrogen and oxygen atoms in total. The van der Waals surface area contributed by atoms with Gasteiger partial charge in [-0.05, 0) is 42.8 Å². The highest BCUT2D eigenvalue weighted by molar-refractivity contribution is 6.30. The molecule has 0 saturated heterocycles. The first-order chi connectivity index (χ1) is 12.7. The van der Waals surface area contributed by atoms with Crippen LogP contribution >= 0.6 is 0 Å². The van der Waals surface area contributed by atoms with Crippen LogP contribution in [0.5, 0.6) is 11.5 Å². The maximum Gasteiger partial charge on any atom is 0.280 e. The zero-order valence-corrected chi connectivity index (χ0v) is 14.6. The number of ether oxygens (including phenoxy) is 2. The predicted octanol–water partition coefficient (Wildman–Crippen LogP) is 3.82. The Labute approximate surface area is 151 Å². The van der Waals surface area contributed by atoms with E-state index in [1.165, 1.54) is 5.01 Å². The lowest BCUT2D eigenvalue weighted by molar-refractivity contribution is -0.114. The summed E-state index contributed by atoms with van der Waals surface area (Å²) in [7, 11) is 1.62. The molecular formula is C21H18N2O3. The second-order valence-electron chi connectivity index (χ2n) is 6.08. The zero-order valence-electron chi connectivity index (χ0n) is 14.6. The fourth-order valence-corrected chi connectivity index (χ4v) is 3.06. The maximum absolute atomic E-state index is 12.8. The first-order valence-electron chi connectivity index (χ1n) is 8.34. The van der Waals surface area contributed by atoms with Crippen LogP contribution in [0.2, 0.25) is 0 Å². The Bertz CT molecular complexity index is 958. The molecule has 2 aliphatic rings. The van der Waals surface area contributed by atoms with Crippen molar-refractivity contribution in [1.29, 1.82) is 0 Å². The van der Waals surface area contributed by atoms with Crippen LogP contribution in [0.1, 0.15) is 12.5 Å². The molecule has 0 aliphatic carbocycles. The molecule has 0 bridgehead atoms. The van der Waals surface area contributed by atoms with Crippen molar-refractivity contribution in [3.8, 4) is 11.5 Å². The van der Waals surface area contributed by atoms with E-state index in [1.807, 2.05) is 67.6 Å². The lowest BCUT2D eigenvalue weighted by atomic mass is 10.0. The summed E-state index contributed by atoms with van der Waals surface area (Å²) < 4.78 is 11.2. The molecule has 0 aromatic heterocycles. The number of para-hydroxylation sites is 2. The molecule has 0 fully saturated rings. The second kappa shape index (κ2) is 6.52. The lowest BCUT2D eigenvalue weighted by Crippen LogP contribution is -2.21. The summed E-state index contributed by atoms with van der Waals surface area (Å²) in [6.45, 7) is 2.22. The number of carbonyl (C=O) groups is 1. The van der Waals surface area contributed by atoms with Gasteiger partial charge >= 0.3 is 0 Å². The van der Waals surface area contributed by atoms with Crippen molar-refractivity contribution < 1.29 is 14.3 Å². The van der Waals surface area contributed by atoms with E-state index in [1.54, 1.807) is 7.11 Å². The van der Waals surface area contributed by atoms with Crippen molar-refractivity contribution in [3.63, 3.8) is 0 Å². The zero-order chi connectivity index (χ0) is 18.1. The van der Waals surface area contributed by atoms with Crippen LogP contribution in [-0.4, -0.2) is 25.3 Å². The van der Waals surface area contributed by atoms with Crippen molar-refractivity contribution in [2.45, 2.75) is 6.92 Å². The summed E-state index contributed by atoms with van der Waals surface area (Å²) in [4.78, 5) is 12.8. The van der Waals surface area contributed by atoms with Crippen LogP contribution in [0.4, 0.5) is 5.69 Å². The Kier molecular flexibility index (Phi) is 4.05. The number of anilines is 1. The standard InChI is InChI=1S/C21H18N2O3/c1-14-18(21(24)23(22-14)17-8-4-3-5-9-17)12-15-11-16-7-6-10-19(25-2)20(16)26-13-15/h3-12H,13H2,1-2H3/b18-12-. The highest BCUT2D eigenvalue weighted by Gasteiger charge is 2.29. The van der Waals surface area contributed by atoms with E-state index in [-0.39, 0.29) is 5.91 Å². The van der Waals surface area contributed by atoms with Gasteiger partial charge in [-0.25, -0.2) is 0 Å². The molecule has 2 aromatic rings. The fraction of sp³-hybridized carbons (Fsp3) is 0.143. The van der Waals surface area contributed by atoms with Gasteiger partial charge in [-0.3, -0.25) is 4.79 Å². The van der Waals surface area contributed by atoms with Crippen LogP contribution in [0, 0.1) is 0 Å². The van der Waals surface area contributed by atoms with E-state index < -0.39 is 0 Å². The van der Waals surface area contributed by atoms with Crippen LogP contribution in [0.15, 0.2) is 70.9 Å². The fourth-order valence-electron chi connectivity index (χ4n) is 3.06. The van der Waals surface area contributed by atoms with E-state index in [4.69, 9.17) is 9.47 Å². The van der Waals surface area contributed by atoms with Crippen LogP contribution < -0.4 is 14.5 Å². The maximum atomic E-state index is 12.8. The van der Waals surface area contributed by atoms with E-state index in [9.17, 15) is 4.79 Å². The molecule has 4 rings (SSSR count). The predicted molar refractivity (Wildman–Crippen MR) is 102 cm³/mol. The van der Waals surface area contributed by atoms with Gasteiger partial charge in [0.2, 0.25) is 0 Å². The molecule has 130 valence electrons. The Morgan fingerprint density at radius 3 is 2.73 bits per heavy atom. The molecule has 0 spiro atoms. The van der Waals surface area contributed by atoms with E-state index in [2.05, 4.69) is 5.10 Å². The summed E-state index contributed by atoms with van der Waals surface area (Å²) in [5, 5.41) is 5.84. The number of nitrogens with zero attached hydrogens (tertiary/aromatic N) is 2. The summed E-state index contributed by atoms with van der Waals surface area (Å²) in [6, 6.07) is 15.2. The molecule has 1 amide bonds. The molecule has 0 saturated carbocycles. The van der Waals surface area contributed by atoms with Crippen molar-refractivity contribution >= 4 is 23.4 Å². The lowest BCUT2D eigenvalue weighted by Gasteiger charge is -2.19. The number of rotatable bonds is 3. The van der Waals surface area contributed by atoms with Crippen LogP contribution in [0.25, 0.3) is 6.08 Å². The quantitative estimate of drug-likeness (QED) is 0.794. The molecule has 0 N–H and O–H groups in total. The molecule has 0 unspecified atom stereocenters. The number of carbonyl (C=O) groups excluding carboxylic acids is 1. The van der Waals surface area contributed by atoms with Gasteiger partial charge in [-0.1, -0.05) is 30.3 Å². The van der Waals surface area contributed by atoms with Gasteiger partial charge < -0.3 is 9.47 Å². The molecule has 5 heteroatoms. The molecule has 2 aliphatic heterocycles. The Hall–Kier alpha value is -3.34. The monoisotopic (exact) mass is 346 g/mol. The molecule has 26 heavy (non-hydrogen) atoms. The topological polar surface area (TPSA) is 51.1 Å². The summed E-state index contributed by atoms with van der Waals surface area (Å²) in [6.07, 6.45) is 3.87. The van der Waals surface area contributed by atoms with Gasteiger partial charge in [-0.2, -0.15) is 10.1 Å². The summed E-state index contributed by atoms with van der Waals surface area (Å²) >= 11 is 0. The molecule has 2 heterocycles. The third kappa shape index (κ3) is 2.77. The number of fused-ring (bicyclic) bond motifs is 1. The molecular weight excluding hydrogens is 328 g/mol. The first kappa shape index (κ1) is 16.1. The minimum atomic E-state index is -0.133. The minimum absolute atomic E-state index is 0.133. The smallest absolute Gasteiger partial charge is 0.280 e. The third-order valence-corrected chi connectivity index (χ3v) is 4.35. The normalized spacial score (nSPS) is 17.5. The highest BCUT2D eigenvalue weighted by atomic mass is 16.5. The Balaban J connectivity index is 1.66. The van der Waals surface area contributed by atoms with Crippen molar-refractivity contribution in [1.82, 2.24) is 0 Å². The molecule has 0 radical (unpaired) electrons. The van der Waals surface area contributed by atoms with Gasteiger partial charge in [0, 0.05) is 5.56 Å². The van der Waals surface area contributed by atoms with E-state index >= 15 is 0 Å². The average molecular weight is 346 g/mol. The molecule has 0 atom stereocenters. The van der Waals surface area contributed by atoms with Crippen LogP contribution in [-0.2, 0) is 4.79 Å². The molecule has 2 aromatic carbocycles. The number of hydrogen-bond acceptors (Lipinski definition) is 4. The number of hydrogen-bond donors (Lipinski definition) is 0. The minimum Gasteiger partial charge on any atom is -0.493 e. The SMILES string of the molecule is COc1cccc2c1OCC(/C=C1\C(=O)N(c3ccccc3)N=C1C)=C2. The first-order valence-corrected chi connectivity index (χ1v) is 8.34. The van der Waals surface area contributed by atoms with Gasteiger partial charge in [0.05, 0.1) is 24.1 Å². The van der Waals surface area contributed by atoms with E-state index in [0.717, 1.165) is 22.6 Å². The van der Waals surface area contributed by atoms with E-state index in [0.29, 0.717) is 23.6 Å². The van der Waals surface area contributed by atoms with Gasteiger partial charge in [0.15, 0.2) is 11.5 Å².